The van der Waals surface area contributed by atoms with Gasteiger partial charge in [0.15, 0.2) is 0 Å². The van der Waals surface area contributed by atoms with Gasteiger partial charge in [-0.3, -0.25) is 4.79 Å². The first-order valence-electron chi connectivity index (χ1n) is 4.82. The normalized spacial score (nSPS) is 10.9. The molecular weight excluding hydrogens is 178 g/mol. The van der Waals surface area contributed by atoms with E-state index in [1.807, 2.05) is 19.9 Å². The monoisotopic (exact) mass is 195 g/mol. The van der Waals surface area contributed by atoms with Gasteiger partial charge in [-0.1, -0.05) is 0 Å². The van der Waals surface area contributed by atoms with Crippen LogP contribution in [0.5, 0.6) is 0 Å². The van der Waals surface area contributed by atoms with Gasteiger partial charge in [-0.15, -0.1) is 0 Å². The number of aliphatic carboxylic acids is 1. The zero-order chi connectivity index (χ0) is 10.9. The quantitative estimate of drug-likeness (QED) is 0.804. The number of carbonyl (C=O) groups is 1. The summed E-state index contributed by atoms with van der Waals surface area (Å²) >= 11 is 0. The molecule has 0 fully saturated rings. The van der Waals surface area contributed by atoms with E-state index in [1.165, 1.54) is 0 Å². The summed E-state index contributed by atoms with van der Waals surface area (Å²) in [5.74, 6) is -0.769. The predicted molar refractivity (Wildman–Crippen MR) is 55.6 cm³/mol. The Bertz CT molecular complexity index is 350. The summed E-state index contributed by atoms with van der Waals surface area (Å²) < 4.78 is 2.16. The summed E-state index contributed by atoms with van der Waals surface area (Å²) in [6.07, 6.45) is 0.117. The molecule has 0 aliphatic heterocycles. The second kappa shape index (κ2) is 3.86. The average molecular weight is 195 g/mol. The summed E-state index contributed by atoms with van der Waals surface area (Å²) in [7, 11) is 0. The van der Waals surface area contributed by atoms with E-state index in [9.17, 15) is 4.79 Å². The van der Waals surface area contributed by atoms with Crippen LogP contribution in [0.2, 0.25) is 0 Å². The second-order valence-corrected chi connectivity index (χ2v) is 3.93. The number of rotatable bonds is 3. The Hall–Kier alpha value is -1.25. The summed E-state index contributed by atoms with van der Waals surface area (Å²) in [6.45, 7) is 8.19. The fourth-order valence-corrected chi connectivity index (χ4v) is 1.98. The molecule has 3 heteroatoms. The fourth-order valence-electron chi connectivity index (χ4n) is 1.98. The zero-order valence-corrected chi connectivity index (χ0v) is 9.16. The van der Waals surface area contributed by atoms with Gasteiger partial charge in [0.1, 0.15) is 0 Å². The smallest absolute Gasteiger partial charge is 0.307 e. The van der Waals surface area contributed by atoms with Crippen molar-refractivity contribution in [2.45, 2.75) is 40.2 Å². The van der Waals surface area contributed by atoms with Crippen LogP contribution in [0.4, 0.5) is 0 Å². The molecule has 0 unspecified atom stereocenters. The number of aryl methyl sites for hydroxylation is 1. The molecule has 1 rings (SSSR count). The van der Waals surface area contributed by atoms with Gasteiger partial charge in [0.05, 0.1) is 6.42 Å². The third-order valence-electron chi connectivity index (χ3n) is 2.45. The van der Waals surface area contributed by atoms with E-state index in [4.69, 9.17) is 5.11 Å². The maximum atomic E-state index is 10.6. The van der Waals surface area contributed by atoms with Crippen molar-refractivity contribution in [3.63, 3.8) is 0 Å². The molecule has 3 nitrogen and oxygen atoms in total. The van der Waals surface area contributed by atoms with Crippen molar-refractivity contribution >= 4 is 5.97 Å². The van der Waals surface area contributed by atoms with E-state index < -0.39 is 5.97 Å². The second-order valence-electron chi connectivity index (χ2n) is 3.93. The lowest BCUT2D eigenvalue weighted by molar-refractivity contribution is -0.136. The van der Waals surface area contributed by atoms with Crippen molar-refractivity contribution in [3.8, 4) is 0 Å². The molecule has 0 saturated heterocycles. The summed E-state index contributed by atoms with van der Waals surface area (Å²) in [5.41, 5.74) is 3.12. The molecule has 1 aromatic heterocycles. The first-order valence-corrected chi connectivity index (χ1v) is 4.82. The minimum atomic E-state index is -0.769. The minimum absolute atomic E-state index is 0.117. The maximum Gasteiger partial charge on any atom is 0.307 e. The number of hydrogen-bond donors (Lipinski definition) is 1. The molecule has 0 aliphatic carbocycles. The lowest BCUT2D eigenvalue weighted by Crippen LogP contribution is -2.06. The highest BCUT2D eigenvalue weighted by Gasteiger charge is 2.12. The van der Waals surface area contributed by atoms with Crippen molar-refractivity contribution < 1.29 is 9.90 Å². The Balaban J connectivity index is 3.10. The molecule has 78 valence electrons. The van der Waals surface area contributed by atoms with Crippen LogP contribution < -0.4 is 0 Å². The average Bonchev–Trinajstić information content (AvgIpc) is 2.25. The van der Waals surface area contributed by atoms with Gasteiger partial charge in [-0.05, 0) is 39.3 Å². The molecule has 0 spiro atoms. The third-order valence-corrected chi connectivity index (χ3v) is 2.45. The number of nitrogens with zero attached hydrogens (tertiary/aromatic N) is 1. The summed E-state index contributed by atoms with van der Waals surface area (Å²) in [4.78, 5) is 10.6. The SMILES string of the molecule is Cc1cc(CC(=O)O)c(C)n1C(C)C. The summed E-state index contributed by atoms with van der Waals surface area (Å²) in [6, 6.07) is 2.35. The first-order chi connectivity index (χ1) is 6.43. The van der Waals surface area contributed by atoms with Crippen LogP contribution in [0.3, 0.4) is 0 Å². The molecule has 0 saturated carbocycles. The Morgan fingerprint density at radius 2 is 2.07 bits per heavy atom. The van der Waals surface area contributed by atoms with Crippen molar-refractivity contribution in [2.24, 2.45) is 0 Å². The van der Waals surface area contributed by atoms with Gasteiger partial charge in [-0.2, -0.15) is 0 Å². The number of aromatic nitrogens is 1. The molecule has 14 heavy (non-hydrogen) atoms. The van der Waals surface area contributed by atoms with Crippen LogP contribution in [-0.4, -0.2) is 15.6 Å². The standard InChI is InChI=1S/C11H17NO2/c1-7(2)12-8(3)5-10(9(12)4)6-11(13)14/h5,7H,6H2,1-4H3,(H,13,14). The molecule has 0 amide bonds. The van der Waals surface area contributed by atoms with E-state index >= 15 is 0 Å². The van der Waals surface area contributed by atoms with E-state index in [-0.39, 0.29) is 6.42 Å². The predicted octanol–water partition coefficient (Wildman–Crippen LogP) is 2.31. The van der Waals surface area contributed by atoms with Crippen molar-refractivity contribution in [1.29, 1.82) is 0 Å². The van der Waals surface area contributed by atoms with Crippen LogP contribution in [0.1, 0.15) is 36.8 Å². The van der Waals surface area contributed by atoms with E-state index in [1.54, 1.807) is 0 Å². The van der Waals surface area contributed by atoms with Crippen LogP contribution >= 0.6 is 0 Å². The Kier molecular flexibility index (Phi) is 2.99. The highest BCUT2D eigenvalue weighted by Crippen LogP contribution is 2.20. The molecule has 1 heterocycles. The maximum absolute atomic E-state index is 10.6. The molecule has 1 aromatic rings. The molecule has 0 radical (unpaired) electrons. The molecule has 0 atom stereocenters. The fraction of sp³-hybridized carbons (Fsp3) is 0.545. The van der Waals surface area contributed by atoms with E-state index in [0.717, 1.165) is 17.0 Å². The van der Waals surface area contributed by atoms with Crippen LogP contribution in [-0.2, 0) is 11.2 Å². The van der Waals surface area contributed by atoms with Gasteiger partial charge < -0.3 is 9.67 Å². The van der Waals surface area contributed by atoms with Gasteiger partial charge in [0.25, 0.3) is 0 Å². The number of carboxylic acids is 1. The van der Waals surface area contributed by atoms with Crippen LogP contribution in [0, 0.1) is 13.8 Å². The Morgan fingerprint density at radius 3 is 2.43 bits per heavy atom. The molecular formula is C11H17NO2. The topological polar surface area (TPSA) is 42.2 Å². The van der Waals surface area contributed by atoms with E-state index in [2.05, 4.69) is 18.4 Å². The lowest BCUT2D eigenvalue weighted by atomic mass is 10.2. The molecule has 1 N–H and O–H groups in total. The van der Waals surface area contributed by atoms with Crippen molar-refractivity contribution in [2.75, 3.05) is 0 Å². The first kappa shape index (κ1) is 10.8. The van der Waals surface area contributed by atoms with Crippen LogP contribution in [0.25, 0.3) is 0 Å². The zero-order valence-electron chi connectivity index (χ0n) is 9.16. The van der Waals surface area contributed by atoms with Crippen molar-refractivity contribution in [1.82, 2.24) is 4.57 Å². The van der Waals surface area contributed by atoms with Gasteiger partial charge in [-0.25, -0.2) is 0 Å². The van der Waals surface area contributed by atoms with Crippen molar-refractivity contribution in [3.05, 3.63) is 23.0 Å². The largest absolute Gasteiger partial charge is 0.481 e. The number of carboxylic acid groups (broad SMARTS) is 1. The Labute approximate surface area is 84.4 Å². The third kappa shape index (κ3) is 1.97. The van der Waals surface area contributed by atoms with Gasteiger partial charge >= 0.3 is 5.97 Å². The van der Waals surface area contributed by atoms with Gasteiger partial charge in [0.2, 0.25) is 0 Å². The molecule has 0 aliphatic rings. The highest BCUT2D eigenvalue weighted by atomic mass is 16.4. The summed E-state index contributed by atoms with van der Waals surface area (Å²) in [5, 5.41) is 8.72. The van der Waals surface area contributed by atoms with Crippen LogP contribution in [0.15, 0.2) is 6.07 Å². The lowest BCUT2D eigenvalue weighted by Gasteiger charge is -2.13. The highest BCUT2D eigenvalue weighted by molar-refractivity contribution is 5.70. The van der Waals surface area contributed by atoms with E-state index in [0.29, 0.717) is 6.04 Å². The molecule has 0 bridgehead atoms. The van der Waals surface area contributed by atoms with Gasteiger partial charge in [0, 0.05) is 17.4 Å². The minimum Gasteiger partial charge on any atom is -0.481 e. The molecule has 0 aromatic carbocycles. The number of hydrogen-bond acceptors (Lipinski definition) is 1. The Morgan fingerprint density at radius 1 is 1.50 bits per heavy atom.